The predicted molar refractivity (Wildman–Crippen MR) is 113 cm³/mol. The van der Waals surface area contributed by atoms with Gasteiger partial charge in [-0.15, -0.1) is 0 Å². The van der Waals surface area contributed by atoms with Crippen LogP contribution in [0.3, 0.4) is 0 Å². The quantitative estimate of drug-likeness (QED) is 0.496. The fourth-order valence-corrected chi connectivity index (χ4v) is 4.50. The molecular formula is C20H34N6O4. The van der Waals surface area contributed by atoms with Crippen LogP contribution < -0.4 is 15.1 Å². The van der Waals surface area contributed by atoms with Gasteiger partial charge in [-0.05, 0) is 54.3 Å². The lowest BCUT2D eigenvalue weighted by Crippen LogP contribution is -2.56. The lowest BCUT2D eigenvalue weighted by atomic mass is 10.1. The molecule has 0 radical (unpaired) electrons. The molecule has 3 atom stereocenters. The number of carbonyl (C=O) groups excluding carboxylic acids is 1. The largest absolute Gasteiger partial charge is 0.462 e. The van der Waals surface area contributed by atoms with Crippen molar-refractivity contribution in [3.8, 4) is 6.01 Å². The van der Waals surface area contributed by atoms with Gasteiger partial charge in [0.25, 0.3) is 0 Å². The molecule has 10 nitrogen and oxygen atoms in total. The topological polar surface area (TPSA) is 103 Å². The Kier molecular flexibility index (Phi) is 7.32. The number of ether oxygens (including phenoxy) is 2. The van der Waals surface area contributed by atoms with Gasteiger partial charge in [0, 0.05) is 31.2 Å². The number of nitrogens with one attached hydrogen (secondary N) is 1. The molecule has 3 heterocycles. The van der Waals surface area contributed by atoms with Gasteiger partial charge in [-0.2, -0.15) is 9.97 Å². The molecule has 1 unspecified atom stereocenters. The van der Waals surface area contributed by atoms with Gasteiger partial charge < -0.3 is 24.2 Å². The molecule has 0 aliphatic carbocycles. The Morgan fingerprint density at radius 2 is 1.93 bits per heavy atom. The molecule has 2 aliphatic rings. The molecule has 0 bridgehead atoms. The maximum atomic E-state index is 12.6. The highest BCUT2D eigenvalue weighted by Gasteiger charge is 2.34. The van der Waals surface area contributed by atoms with E-state index in [0.717, 1.165) is 32.5 Å². The SMILES string of the molecule is CCOC(=O)c1nc(OC[C@@H]2CCCN2C)nc(N2C(C)CN(C)C[C@@H]2C)c1NO. The van der Waals surface area contributed by atoms with E-state index in [9.17, 15) is 10.0 Å². The summed E-state index contributed by atoms with van der Waals surface area (Å²) in [6, 6.07) is 0.639. The Morgan fingerprint density at radius 1 is 1.23 bits per heavy atom. The standard InChI is InChI=1S/C20H34N6O4/c1-6-29-19(27)17-16(23-28)18(26-13(2)10-24(4)11-14(26)3)22-20(21-17)30-12-15-8-7-9-25(15)5/h13-15,23,28H,6-12H2,1-5H3/t13-,14?,15-/m0/s1. The second-order valence-electron chi connectivity index (χ2n) is 8.30. The molecule has 0 amide bonds. The molecule has 0 spiro atoms. The van der Waals surface area contributed by atoms with Crippen molar-refractivity contribution < 1.29 is 19.5 Å². The highest BCUT2D eigenvalue weighted by molar-refractivity contribution is 5.96. The first-order chi connectivity index (χ1) is 14.3. The number of esters is 1. The fraction of sp³-hybridized carbons (Fsp3) is 0.750. The molecule has 168 valence electrons. The predicted octanol–water partition coefficient (Wildman–Crippen LogP) is 1.46. The van der Waals surface area contributed by atoms with Crippen molar-refractivity contribution in [3.05, 3.63) is 5.69 Å². The number of piperazine rings is 1. The second kappa shape index (κ2) is 9.76. The van der Waals surface area contributed by atoms with Crippen LogP contribution in [0.5, 0.6) is 6.01 Å². The Labute approximate surface area is 178 Å². The van der Waals surface area contributed by atoms with Gasteiger partial charge in [0.1, 0.15) is 12.3 Å². The minimum absolute atomic E-state index is 0.0301. The van der Waals surface area contributed by atoms with Crippen molar-refractivity contribution in [2.45, 2.75) is 51.7 Å². The van der Waals surface area contributed by atoms with Crippen LogP contribution >= 0.6 is 0 Å². The van der Waals surface area contributed by atoms with Crippen molar-refractivity contribution in [1.29, 1.82) is 0 Å². The first-order valence-electron chi connectivity index (χ1n) is 10.6. The highest BCUT2D eigenvalue weighted by Crippen LogP contribution is 2.33. The van der Waals surface area contributed by atoms with Crippen molar-refractivity contribution in [3.63, 3.8) is 0 Å². The van der Waals surface area contributed by atoms with Crippen molar-refractivity contribution in [2.24, 2.45) is 0 Å². The summed E-state index contributed by atoms with van der Waals surface area (Å²) in [5.41, 5.74) is 2.25. The molecule has 0 aromatic carbocycles. The monoisotopic (exact) mass is 422 g/mol. The van der Waals surface area contributed by atoms with Crippen LogP contribution in [0.2, 0.25) is 0 Å². The zero-order chi connectivity index (χ0) is 21.8. The van der Waals surface area contributed by atoms with Gasteiger partial charge in [0.15, 0.2) is 11.5 Å². The van der Waals surface area contributed by atoms with Crippen molar-refractivity contribution in [1.82, 2.24) is 19.8 Å². The average Bonchev–Trinajstić information content (AvgIpc) is 3.10. The molecule has 1 aromatic rings. The molecule has 0 saturated carbocycles. The van der Waals surface area contributed by atoms with Crippen molar-refractivity contribution >= 4 is 17.5 Å². The van der Waals surface area contributed by atoms with E-state index in [4.69, 9.17) is 9.47 Å². The van der Waals surface area contributed by atoms with E-state index in [0.29, 0.717) is 18.5 Å². The third-order valence-corrected chi connectivity index (χ3v) is 5.87. The van der Waals surface area contributed by atoms with Gasteiger partial charge in [-0.3, -0.25) is 10.7 Å². The highest BCUT2D eigenvalue weighted by atomic mass is 16.5. The lowest BCUT2D eigenvalue weighted by molar-refractivity contribution is 0.0517. The summed E-state index contributed by atoms with van der Waals surface area (Å²) in [6.07, 6.45) is 2.19. The van der Waals surface area contributed by atoms with E-state index in [-0.39, 0.29) is 36.1 Å². The second-order valence-corrected chi connectivity index (χ2v) is 8.30. The molecule has 2 saturated heterocycles. The van der Waals surface area contributed by atoms with Crippen LogP contribution in [0.4, 0.5) is 11.5 Å². The van der Waals surface area contributed by atoms with Gasteiger partial charge in [0.05, 0.1) is 6.61 Å². The smallest absolute Gasteiger partial charge is 0.359 e. The van der Waals surface area contributed by atoms with E-state index in [1.165, 1.54) is 0 Å². The summed E-state index contributed by atoms with van der Waals surface area (Å²) >= 11 is 0. The molecule has 10 heteroatoms. The number of likely N-dealkylation sites (N-methyl/N-ethyl adjacent to an activating group) is 2. The van der Waals surface area contributed by atoms with E-state index in [1.54, 1.807) is 6.92 Å². The summed E-state index contributed by atoms with van der Waals surface area (Å²) in [5.74, 6) is -0.187. The average molecular weight is 423 g/mol. The first kappa shape index (κ1) is 22.5. The molecule has 2 fully saturated rings. The van der Waals surface area contributed by atoms with E-state index < -0.39 is 5.97 Å². The maximum absolute atomic E-state index is 12.6. The van der Waals surface area contributed by atoms with Crippen molar-refractivity contribution in [2.75, 3.05) is 57.3 Å². The number of aromatic nitrogens is 2. The molecule has 3 rings (SSSR count). The minimum Gasteiger partial charge on any atom is -0.462 e. The number of anilines is 2. The molecule has 2 N–H and O–H groups in total. The van der Waals surface area contributed by atoms with E-state index >= 15 is 0 Å². The molecule has 2 aliphatic heterocycles. The maximum Gasteiger partial charge on any atom is 0.359 e. The van der Waals surface area contributed by atoms with Crippen LogP contribution in [0.1, 0.15) is 44.1 Å². The number of rotatable bonds is 7. The lowest BCUT2D eigenvalue weighted by Gasteiger charge is -2.44. The van der Waals surface area contributed by atoms with Crippen LogP contribution in [-0.2, 0) is 4.74 Å². The Morgan fingerprint density at radius 3 is 2.50 bits per heavy atom. The molecule has 1 aromatic heterocycles. The molecule has 30 heavy (non-hydrogen) atoms. The number of nitrogens with zero attached hydrogens (tertiary/aromatic N) is 5. The van der Waals surface area contributed by atoms with Crippen LogP contribution in [0.15, 0.2) is 0 Å². The Hall–Kier alpha value is -2.17. The third-order valence-electron chi connectivity index (χ3n) is 5.87. The van der Waals surface area contributed by atoms with Gasteiger partial charge >= 0.3 is 12.0 Å². The zero-order valence-electron chi connectivity index (χ0n) is 18.6. The van der Waals surface area contributed by atoms with Crippen LogP contribution in [-0.4, -0.2) is 96.0 Å². The first-order valence-corrected chi connectivity index (χ1v) is 10.6. The van der Waals surface area contributed by atoms with Crippen LogP contribution in [0.25, 0.3) is 0 Å². The van der Waals surface area contributed by atoms with Gasteiger partial charge in [-0.25, -0.2) is 4.79 Å². The third kappa shape index (κ3) is 4.76. The summed E-state index contributed by atoms with van der Waals surface area (Å²) in [7, 11) is 4.15. The normalized spacial score (nSPS) is 25.4. The Balaban J connectivity index is 1.97. The van der Waals surface area contributed by atoms with Gasteiger partial charge in [0.2, 0.25) is 0 Å². The Bertz CT molecular complexity index is 736. The summed E-state index contributed by atoms with van der Waals surface area (Å²) < 4.78 is 11.1. The summed E-state index contributed by atoms with van der Waals surface area (Å²) in [4.78, 5) is 28.1. The van der Waals surface area contributed by atoms with E-state index in [1.807, 2.05) is 0 Å². The summed E-state index contributed by atoms with van der Waals surface area (Å²) in [5, 5.41) is 9.88. The number of likely N-dealkylation sites (tertiary alicyclic amines) is 1. The number of hydrogen-bond acceptors (Lipinski definition) is 10. The van der Waals surface area contributed by atoms with Gasteiger partial charge in [-0.1, -0.05) is 0 Å². The minimum atomic E-state index is -0.630. The number of carbonyl (C=O) groups is 1. The zero-order valence-corrected chi connectivity index (χ0v) is 18.6. The summed E-state index contributed by atoms with van der Waals surface area (Å²) in [6.45, 7) is 9.25. The molecular weight excluding hydrogens is 388 g/mol. The number of hydrogen-bond donors (Lipinski definition) is 2. The van der Waals surface area contributed by atoms with Crippen LogP contribution in [0, 0.1) is 0 Å². The fourth-order valence-electron chi connectivity index (χ4n) is 4.50. The van der Waals surface area contributed by atoms with E-state index in [2.05, 4.69) is 58.1 Å².